The molecule has 0 spiro atoms. The van der Waals surface area contributed by atoms with Gasteiger partial charge in [-0.15, -0.1) is 0 Å². The Morgan fingerprint density at radius 3 is 2.32 bits per heavy atom. The fraction of sp³-hybridized carbons (Fsp3) is 0.737. The fourth-order valence-electron chi connectivity index (χ4n) is 2.47. The Labute approximate surface area is 139 Å². The topological polar surface area (TPSA) is 27.6 Å². The smallest absolute Gasteiger partial charge is 0.0388 e. The lowest BCUT2D eigenvalue weighted by molar-refractivity contribution is 0.177. The molecule has 1 aliphatic rings. The summed E-state index contributed by atoms with van der Waals surface area (Å²) in [7, 11) is 0. The van der Waals surface area contributed by atoms with Gasteiger partial charge in [0.1, 0.15) is 0 Å². The molecule has 1 heterocycles. The Hall–Kier alpha value is -1.09. The van der Waals surface area contributed by atoms with Crippen LogP contribution in [0, 0.1) is 0 Å². The van der Waals surface area contributed by atoms with Crippen LogP contribution in [0.2, 0.25) is 0 Å². The second-order valence-electron chi connectivity index (χ2n) is 5.53. The quantitative estimate of drug-likeness (QED) is 0.551. The van der Waals surface area contributed by atoms with Crippen molar-refractivity contribution in [1.82, 2.24) is 10.2 Å². The maximum Gasteiger partial charge on any atom is 0.0388 e. The van der Waals surface area contributed by atoms with Gasteiger partial charge in [-0.2, -0.15) is 0 Å². The molecular weight excluding hydrogens is 270 g/mol. The van der Waals surface area contributed by atoms with Gasteiger partial charge in [0.25, 0.3) is 0 Å². The van der Waals surface area contributed by atoms with Gasteiger partial charge in [0.2, 0.25) is 0 Å². The van der Waals surface area contributed by atoms with Crippen LogP contribution in [-0.2, 0) is 0 Å². The summed E-state index contributed by atoms with van der Waals surface area (Å²) in [5, 5.41) is 3.35. The summed E-state index contributed by atoms with van der Waals surface area (Å²) in [5.74, 6) is 0. The van der Waals surface area contributed by atoms with E-state index in [1.54, 1.807) is 6.21 Å². The number of hydrogen-bond donors (Lipinski definition) is 1. The van der Waals surface area contributed by atoms with Crippen LogP contribution in [0.1, 0.15) is 68.2 Å². The van der Waals surface area contributed by atoms with Crippen LogP contribution in [-0.4, -0.2) is 36.3 Å². The minimum atomic E-state index is 0.362. The van der Waals surface area contributed by atoms with Crippen molar-refractivity contribution in [2.45, 2.75) is 73.8 Å². The molecule has 3 heteroatoms. The number of likely N-dealkylation sites (tertiary alicyclic amines) is 1. The van der Waals surface area contributed by atoms with Gasteiger partial charge in [-0.3, -0.25) is 9.89 Å². The van der Waals surface area contributed by atoms with Crippen LogP contribution >= 0.6 is 0 Å². The molecule has 0 aromatic carbocycles. The lowest BCUT2D eigenvalue weighted by atomic mass is 10.0. The highest BCUT2D eigenvalue weighted by Gasteiger charge is 2.30. The monoisotopic (exact) mass is 309 g/mol. The van der Waals surface area contributed by atoms with Gasteiger partial charge in [0.15, 0.2) is 0 Å². The van der Waals surface area contributed by atoms with Gasteiger partial charge >= 0.3 is 0 Å². The van der Waals surface area contributed by atoms with Crippen molar-refractivity contribution in [2.24, 2.45) is 4.99 Å². The van der Waals surface area contributed by atoms with Gasteiger partial charge in [-0.1, -0.05) is 34.3 Å². The molecule has 0 atom stereocenters. The highest BCUT2D eigenvalue weighted by molar-refractivity contribution is 5.55. The number of aliphatic imine (C=N–C) groups is 1. The van der Waals surface area contributed by atoms with E-state index in [0.717, 1.165) is 24.5 Å². The second kappa shape index (κ2) is 13.6. The van der Waals surface area contributed by atoms with Crippen molar-refractivity contribution in [2.75, 3.05) is 19.6 Å². The van der Waals surface area contributed by atoms with Crippen LogP contribution in [0.5, 0.6) is 0 Å². The summed E-state index contributed by atoms with van der Waals surface area (Å²) >= 11 is 0. The SMILES string of the molecule is C=C(/C=C(\C)N=CC)NCCN1CCCC1(C)C.CC.CC. The van der Waals surface area contributed by atoms with E-state index < -0.39 is 0 Å². The largest absolute Gasteiger partial charge is 0.384 e. The van der Waals surface area contributed by atoms with E-state index in [1.807, 2.05) is 47.6 Å². The van der Waals surface area contributed by atoms with E-state index >= 15 is 0 Å². The molecule has 0 aliphatic carbocycles. The molecule has 0 aromatic heterocycles. The molecule has 130 valence electrons. The predicted octanol–water partition coefficient (Wildman–Crippen LogP) is 5.01. The summed E-state index contributed by atoms with van der Waals surface area (Å²) < 4.78 is 0. The number of nitrogens with one attached hydrogen (secondary N) is 1. The van der Waals surface area contributed by atoms with Gasteiger partial charge < -0.3 is 5.32 Å². The van der Waals surface area contributed by atoms with Crippen LogP contribution < -0.4 is 5.32 Å². The predicted molar refractivity (Wildman–Crippen MR) is 103 cm³/mol. The molecule has 0 amide bonds. The van der Waals surface area contributed by atoms with Gasteiger partial charge in [-0.05, 0) is 53.2 Å². The van der Waals surface area contributed by atoms with E-state index in [2.05, 4.69) is 35.6 Å². The molecule has 22 heavy (non-hydrogen) atoms. The van der Waals surface area contributed by atoms with Crippen molar-refractivity contribution in [3.63, 3.8) is 0 Å². The Bertz CT molecular complexity index is 341. The van der Waals surface area contributed by atoms with Crippen molar-refractivity contribution in [3.05, 3.63) is 24.0 Å². The molecule has 0 unspecified atom stereocenters. The zero-order valence-electron chi connectivity index (χ0n) is 16.3. The number of rotatable bonds is 6. The van der Waals surface area contributed by atoms with Crippen molar-refractivity contribution in [3.8, 4) is 0 Å². The average Bonchev–Trinajstić information content (AvgIpc) is 2.82. The highest BCUT2D eigenvalue weighted by atomic mass is 15.2. The molecule has 0 aromatic rings. The first-order valence-corrected chi connectivity index (χ1v) is 8.80. The zero-order chi connectivity index (χ0) is 17.6. The van der Waals surface area contributed by atoms with Crippen LogP contribution in [0.25, 0.3) is 0 Å². The Kier molecular flexibility index (Phi) is 14.3. The summed E-state index contributed by atoms with van der Waals surface area (Å²) in [4.78, 5) is 6.75. The number of nitrogens with zero attached hydrogens (tertiary/aromatic N) is 2. The third kappa shape index (κ3) is 9.78. The van der Waals surface area contributed by atoms with Crippen LogP contribution in [0.4, 0.5) is 0 Å². The van der Waals surface area contributed by atoms with Crippen molar-refractivity contribution >= 4 is 6.21 Å². The number of hydrogen-bond acceptors (Lipinski definition) is 3. The summed E-state index contributed by atoms with van der Waals surface area (Å²) in [6.07, 6.45) is 6.40. The van der Waals surface area contributed by atoms with E-state index in [9.17, 15) is 0 Å². The van der Waals surface area contributed by atoms with E-state index in [4.69, 9.17) is 0 Å². The molecular formula is C19H39N3. The molecule has 0 bridgehead atoms. The fourth-order valence-corrected chi connectivity index (χ4v) is 2.47. The first-order valence-electron chi connectivity index (χ1n) is 8.80. The maximum absolute atomic E-state index is 4.20. The lowest BCUT2D eigenvalue weighted by Crippen LogP contribution is -2.41. The van der Waals surface area contributed by atoms with Crippen molar-refractivity contribution in [1.29, 1.82) is 0 Å². The Balaban J connectivity index is 0. The summed E-state index contributed by atoms with van der Waals surface area (Å²) in [6.45, 7) is 23.8. The molecule has 1 rings (SSSR count). The van der Waals surface area contributed by atoms with E-state index in [0.29, 0.717) is 5.54 Å². The molecule has 0 saturated carbocycles. The van der Waals surface area contributed by atoms with Gasteiger partial charge in [-0.25, -0.2) is 0 Å². The molecule has 0 radical (unpaired) electrons. The molecule has 1 aliphatic heterocycles. The lowest BCUT2D eigenvalue weighted by Gasteiger charge is -2.31. The third-order valence-electron chi connectivity index (χ3n) is 3.52. The van der Waals surface area contributed by atoms with Gasteiger partial charge in [0, 0.05) is 36.2 Å². The number of allylic oxidation sites excluding steroid dienone is 2. The Morgan fingerprint density at radius 2 is 1.86 bits per heavy atom. The Morgan fingerprint density at radius 1 is 1.27 bits per heavy atom. The average molecular weight is 310 g/mol. The molecule has 3 nitrogen and oxygen atoms in total. The summed E-state index contributed by atoms with van der Waals surface area (Å²) in [5.41, 5.74) is 2.29. The molecule has 1 saturated heterocycles. The summed E-state index contributed by atoms with van der Waals surface area (Å²) in [6, 6.07) is 0. The van der Waals surface area contributed by atoms with Crippen molar-refractivity contribution < 1.29 is 0 Å². The van der Waals surface area contributed by atoms with Crippen LogP contribution in [0.15, 0.2) is 29.0 Å². The first kappa shape index (κ1) is 23.2. The second-order valence-corrected chi connectivity index (χ2v) is 5.53. The van der Waals surface area contributed by atoms with Crippen LogP contribution in [0.3, 0.4) is 0 Å². The standard InChI is InChI=1S/C15H27N3.2C2H6/c1-6-16-13(2)12-14(3)17-9-11-18-10-7-8-15(18,4)5;2*1-2/h6,12,17H,3,7-11H2,1-2,4-5H3;2*1-2H3/b13-12+,16-6?;;. The minimum Gasteiger partial charge on any atom is -0.384 e. The third-order valence-corrected chi connectivity index (χ3v) is 3.52. The van der Waals surface area contributed by atoms with E-state index in [1.165, 1.54) is 19.4 Å². The first-order chi connectivity index (χ1) is 10.5. The molecule has 1 fully saturated rings. The van der Waals surface area contributed by atoms with Gasteiger partial charge in [0.05, 0.1) is 0 Å². The zero-order valence-corrected chi connectivity index (χ0v) is 16.3. The van der Waals surface area contributed by atoms with E-state index in [-0.39, 0.29) is 0 Å². The minimum absolute atomic E-state index is 0.362. The maximum atomic E-state index is 4.20. The highest BCUT2D eigenvalue weighted by Crippen LogP contribution is 2.27. The molecule has 1 N–H and O–H groups in total. The normalized spacial score (nSPS) is 17.4.